The molecule has 0 atom stereocenters. The highest BCUT2D eigenvalue weighted by atomic mass is 35.5. The van der Waals surface area contributed by atoms with Gasteiger partial charge in [0.05, 0.1) is 11.9 Å². The number of carbonyl (C=O) groups is 1. The van der Waals surface area contributed by atoms with Gasteiger partial charge in [-0.2, -0.15) is 13.2 Å². The van der Waals surface area contributed by atoms with Crippen LogP contribution in [0.5, 0.6) is 0 Å². The summed E-state index contributed by atoms with van der Waals surface area (Å²) in [5.74, 6) is 0.438. The van der Waals surface area contributed by atoms with Gasteiger partial charge in [-0.15, -0.1) is 12.4 Å². The predicted molar refractivity (Wildman–Crippen MR) is 119 cm³/mol. The number of urea groups is 1. The molecular weight excluding hydrogens is 445 g/mol. The number of imidazole rings is 1. The molecule has 7 nitrogen and oxygen atoms in total. The van der Waals surface area contributed by atoms with Gasteiger partial charge < -0.3 is 16.4 Å². The number of carbonyl (C=O) groups excluding carboxylic acids is 1. The molecule has 4 N–H and O–H groups in total. The Morgan fingerprint density at radius 3 is 2.53 bits per heavy atom. The van der Waals surface area contributed by atoms with Crippen LogP contribution in [0.1, 0.15) is 0 Å². The van der Waals surface area contributed by atoms with Crippen LogP contribution >= 0.6 is 12.4 Å². The number of nitrogens with one attached hydrogen (secondary N) is 2. The molecule has 0 saturated carbocycles. The van der Waals surface area contributed by atoms with Crippen molar-refractivity contribution in [2.75, 3.05) is 17.6 Å². The maximum Gasteiger partial charge on any atom is 0.405 e. The number of nitrogens with two attached hydrogens (primary N) is 1. The van der Waals surface area contributed by atoms with Gasteiger partial charge in [0.2, 0.25) is 0 Å². The molecule has 1 aromatic carbocycles. The third kappa shape index (κ3) is 5.27. The van der Waals surface area contributed by atoms with Crippen molar-refractivity contribution >= 4 is 35.6 Å². The van der Waals surface area contributed by atoms with E-state index in [0.717, 1.165) is 22.4 Å². The van der Waals surface area contributed by atoms with E-state index in [2.05, 4.69) is 15.3 Å². The van der Waals surface area contributed by atoms with Gasteiger partial charge in [0, 0.05) is 29.2 Å². The van der Waals surface area contributed by atoms with E-state index in [1.54, 1.807) is 42.0 Å². The first-order chi connectivity index (χ1) is 14.8. The first-order valence-electron chi connectivity index (χ1n) is 9.19. The van der Waals surface area contributed by atoms with Crippen molar-refractivity contribution in [1.29, 1.82) is 0 Å². The number of nitrogen functional groups attached to an aromatic ring is 1. The number of pyridine rings is 2. The van der Waals surface area contributed by atoms with Crippen LogP contribution in [0.3, 0.4) is 0 Å². The van der Waals surface area contributed by atoms with Gasteiger partial charge in [-0.3, -0.25) is 4.40 Å². The zero-order chi connectivity index (χ0) is 22.0. The lowest BCUT2D eigenvalue weighted by molar-refractivity contribution is -0.122. The average Bonchev–Trinajstić information content (AvgIpc) is 3.16. The van der Waals surface area contributed by atoms with E-state index in [4.69, 9.17) is 5.73 Å². The minimum absolute atomic E-state index is 0. The summed E-state index contributed by atoms with van der Waals surface area (Å²) < 4.78 is 38.6. The van der Waals surface area contributed by atoms with Crippen LogP contribution in [0.4, 0.5) is 29.5 Å². The van der Waals surface area contributed by atoms with Crippen LogP contribution in [0.2, 0.25) is 0 Å². The SMILES string of the molecule is Cl.Nc1ccc(-c2ccn3c(-c4cccc(NC(=O)NCC(F)(F)F)c4)cnc3c2)cn1. The molecule has 0 spiro atoms. The summed E-state index contributed by atoms with van der Waals surface area (Å²) in [5.41, 5.74) is 10.0. The summed E-state index contributed by atoms with van der Waals surface area (Å²) in [5, 5.41) is 4.18. The highest BCUT2D eigenvalue weighted by molar-refractivity contribution is 5.90. The number of alkyl halides is 3. The Morgan fingerprint density at radius 2 is 1.81 bits per heavy atom. The number of hydrogen-bond donors (Lipinski definition) is 3. The third-order valence-electron chi connectivity index (χ3n) is 4.50. The van der Waals surface area contributed by atoms with E-state index in [-0.39, 0.29) is 12.4 Å². The van der Waals surface area contributed by atoms with Crippen LogP contribution in [-0.4, -0.2) is 33.1 Å². The topological polar surface area (TPSA) is 97.3 Å². The van der Waals surface area contributed by atoms with E-state index in [1.807, 2.05) is 34.9 Å². The van der Waals surface area contributed by atoms with Crippen molar-refractivity contribution < 1.29 is 18.0 Å². The number of fused-ring (bicyclic) bond motifs is 1. The first-order valence-corrected chi connectivity index (χ1v) is 9.19. The fourth-order valence-electron chi connectivity index (χ4n) is 3.06. The number of benzene rings is 1. The lowest BCUT2D eigenvalue weighted by Crippen LogP contribution is -2.36. The Labute approximate surface area is 186 Å². The molecule has 166 valence electrons. The van der Waals surface area contributed by atoms with Crippen molar-refractivity contribution in [3.05, 3.63) is 67.1 Å². The predicted octanol–water partition coefficient (Wildman–Crippen LogP) is 4.75. The Balaban J connectivity index is 0.00000289. The zero-order valence-corrected chi connectivity index (χ0v) is 17.2. The van der Waals surface area contributed by atoms with E-state index in [1.165, 1.54) is 0 Å². The molecule has 0 saturated heterocycles. The quantitative estimate of drug-likeness (QED) is 0.407. The standard InChI is InChI=1S/C21H17F3N6O.ClH/c22-21(23,24)12-28-20(31)29-16-3-1-2-14(8-16)17-11-27-19-9-13(6-7-30(17)19)15-4-5-18(25)26-10-15;/h1-11H,12H2,(H2,25,26)(H2,28,29,31);1H. The monoisotopic (exact) mass is 462 g/mol. The normalized spacial score (nSPS) is 11.1. The number of nitrogens with zero attached hydrogens (tertiary/aromatic N) is 3. The molecule has 11 heteroatoms. The Morgan fingerprint density at radius 1 is 1.00 bits per heavy atom. The summed E-state index contributed by atoms with van der Waals surface area (Å²) >= 11 is 0. The molecule has 0 fully saturated rings. The van der Waals surface area contributed by atoms with Crippen LogP contribution in [0, 0.1) is 0 Å². The molecule has 32 heavy (non-hydrogen) atoms. The molecule has 0 aliphatic rings. The molecule has 0 aliphatic heterocycles. The van der Waals surface area contributed by atoms with Gasteiger partial charge in [0.15, 0.2) is 0 Å². The second-order valence-corrected chi connectivity index (χ2v) is 6.76. The van der Waals surface area contributed by atoms with Crippen molar-refractivity contribution in [2.24, 2.45) is 0 Å². The number of hydrogen-bond acceptors (Lipinski definition) is 4. The van der Waals surface area contributed by atoms with Gasteiger partial charge in [-0.25, -0.2) is 14.8 Å². The van der Waals surface area contributed by atoms with Crippen molar-refractivity contribution in [2.45, 2.75) is 6.18 Å². The summed E-state index contributed by atoms with van der Waals surface area (Å²) in [6, 6.07) is 13.2. The highest BCUT2D eigenvalue weighted by Crippen LogP contribution is 2.27. The second-order valence-electron chi connectivity index (χ2n) is 6.76. The van der Waals surface area contributed by atoms with E-state index < -0.39 is 18.8 Å². The van der Waals surface area contributed by atoms with Crippen molar-refractivity contribution in [1.82, 2.24) is 19.7 Å². The lowest BCUT2D eigenvalue weighted by atomic mass is 10.1. The van der Waals surface area contributed by atoms with E-state index in [0.29, 0.717) is 17.2 Å². The van der Waals surface area contributed by atoms with Gasteiger partial charge in [-0.1, -0.05) is 12.1 Å². The minimum Gasteiger partial charge on any atom is -0.384 e. The number of halogens is 4. The Bertz CT molecular complexity index is 1240. The van der Waals surface area contributed by atoms with Crippen LogP contribution in [-0.2, 0) is 0 Å². The van der Waals surface area contributed by atoms with Gasteiger partial charge in [0.25, 0.3) is 0 Å². The largest absolute Gasteiger partial charge is 0.405 e. The molecule has 4 rings (SSSR count). The molecule has 3 heterocycles. The number of amides is 2. The third-order valence-corrected chi connectivity index (χ3v) is 4.50. The smallest absolute Gasteiger partial charge is 0.384 e. The molecule has 2 amide bonds. The second kappa shape index (κ2) is 9.15. The van der Waals surface area contributed by atoms with Gasteiger partial charge in [-0.05, 0) is 42.0 Å². The van der Waals surface area contributed by atoms with Gasteiger partial charge in [0.1, 0.15) is 18.0 Å². The lowest BCUT2D eigenvalue weighted by Gasteiger charge is -2.11. The maximum atomic E-state index is 12.2. The van der Waals surface area contributed by atoms with Crippen molar-refractivity contribution in [3.63, 3.8) is 0 Å². The molecule has 4 aromatic rings. The summed E-state index contributed by atoms with van der Waals surface area (Å²) in [6.45, 7) is -1.41. The highest BCUT2D eigenvalue weighted by Gasteiger charge is 2.27. The fraction of sp³-hybridized carbons (Fsp3) is 0.0952. The molecule has 0 aliphatic carbocycles. The molecule has 0 radical (unpaired) electrons. The molecular formula is C21H18ClF3N6O. The van der Waals surface area contributed by atoms with Crippen LogP contribution in [0.25, 0.3) is 28.0 Å². The Kier molecular flexibility index (Phi) is 6.54. The number of aromatic nitrogens is 3. The summed E-state index contributed by atoms with van der Waals surface area (Å²) in [4.78, 5) is 20.2. The van der Waals surface area contributed by atoms with E-state index in [9.17, 15) is 18.0 Å². The number of anilines is 2. The molecule has 0 unspecified atom stereocenters. The summed E-state index contributed by atoms with van der Waals surface area (Å²) in [7, 11) is 0. The summed E-state index contributed by atoms with van der Waals surface area (Å²) in [6.07, 6.45) is 0.754. The van der Waals surface area contributed by atoms with Gasteiger partial charge >= 0.3 is 12.2 Å². The maximum absolute atomic E-state index is 12.2. The molecule has 0 bridgehead atoms. The number of rotatable bonds is 4. The van der Waals surface area contributed by atoms with Crippen molar-refractivity contribution in [3.8, 4) is 22.4 Å². The molecule has 3 aromatic heterocycles. The zero-order valence-electron chi connectivity index (χ0n) is 16.4. The van der Waals surface area contributed by atoms with Crippen LogP contribution in [0.15, 0.2) is 67.1 Å². The van der Waals surface area contributed by atoms with E-state index >= 15 is 0 Å². The van der Waals surface area contributed by atoms with Crippen LogP contribution < -0.4 is 16.4 Å². The average molecular weight is 463 g/mol. The fourth-order valence-corrected chi connectivity index (χ4v) is 3.06. The first kappa shape index (κ1) is 22.9. The Hall–Kier alpha value is -3.79. The minimum atomic E-state index is -4.48.